The number of aliphatic imine (C=N–C) groups is 1. The minimum absolute atomic E-state index is 0.159. The van der Waals surface area contributed by atoms with Crippen LogP contribution in [-0.2, 0) is 9.53 Å². The second-order valence-electron chi connectivity index (χ2n) is 6.55. The van der Waals surface area contributed by atoms with Crippen LogP contribution < -0.4 is 5.32 Å². The van der Waals surface area contributed by atoms with E-state index in [1.54, 1.807) is 0 Å². The number of guanidine groups is 1. The summed E-state index contributed by atoms with van der Waals surface area (Å²) in [6.45, 7) is 6.86. The van der Waals surface area contributed by atoms with Gasteiger partial charge in [0.25, 0.3) is 5.91 Å². The van der Waals surface area contributed by atoms with Gasteiger partial charge in [-0.25, -0.2) is 0 Å². The molecule has 2 aliphatic heterocycles. The number of carbonyl (C=O) groups is 1. The molecule has 0 aromatic heterocycles. The quantitative estimate of drug-likeness (QED) is 0.575. The fourth-order valence-electron chi connectivity index (χ4n) is 2.87. The van der Waals surface area contributed by atoms with Gasteiger partial charge in [0.15, 0.2) is 5.96 Å². The average Bonchev–Trinajstić information content (AvgIpc) is 3.09. The molecule has 7 heteroatoms. The van der Waals surface area contributed by atoms with Gasteiger partial charge in [-0.15, -0.1) is 0 Å². The third-order valence-corrected chi connectivity index (χ3v) is 4.74. The lowest BCUT2D eigenvalue weighted by molar-refractivity contribution is -0.142. The van der Waals surface area contributed by atoms with E-state index in [1.165, 1.54) is 0 Å². The van der Waals surface area contributed by atoms with Gasteiger partial charge >= 0.3 is 0 Å². The van der Waals surface area contributed by atoms with Gasteiger partial charge in [-0.3, -0.25) is 9.79 Å². The largest absolute Gasteiger partial charge is 0.368 e. The Morgan fingerprint density at radius 3 is 2.48 bits per heavy atom. The van der Waals surface area contributed by atoms with Crippen LogP contribution in [-0.4, -0.2) is 99.2 Å². The first kappa shape index (κ1) is 18.0. The molecule has 0 radical (unpaired) electrons. The maximum absolute atomic E-state index is 12.4. The van der Waals surface area contributed by atoms with E-state index in [-0.39, 0.29) is 12.0 Å². The molecule has 0 aromatic rings. The van der Waals surface area contributed by atoms with Gasteiger partial charge < -0.3 is 24.8 Å². The number of amides is 1. The summed E-state index contributed by atoms with van der Waals surface area (Å²) in [5, 5.41) is 3.43. The third kappa shape index (κ3) is 4.81. The van der Waals surface area contributed by atoms with Crippen LogP contribution in [0, 0.1) is 0 Å². The zero-order valence-corrected chi connectivity index (χ0v) is 14.9. The van der Waals surface area contributed by atoms with Crippen molar-refractivity contribution in [2.45, 2.75) is 31.9 Å². The maximum Gasteiger partial charge on any atom is 0.251 e. The first-order valence-corrected chi connectivity index (χ1v) is 8.55. The summed E-state index contributed by atoms with van der Waals surface area (Å²) >= 11 is 0. The molecule has 2 aliphatic rings. The van der Waals surface area contributed by atoms with Gasteiger partial charge in [0.2, 0.25) is 0 Å². The molecule has 132 valence electrons. The summed E-state index contributed by atoms with van der Waals surface area (Å²) in [5.74, 6) is 1.08. The number of hydrogen-bond donors (Lipinski definition) is 1. The predicted octanol–water partition coefficient (Wildman–Crippen LogP) is -0.165. The second kappa shape index (κ2) is 8.49. The first-order valence-electron chi connectivity index (χ1n) is 8.55. The van der Waals surface area contributed by atoms with Gasteiger partial charge in [0.05, 0.1) is 0 Å². The van der Waals surface area contributed by atoms with Crippen molar-refractivity contribution in [2.75, 3.05) is 60.5 Å². The molecule has 2 fully saturated rings. The van der Waals surface area contributed by atoms with Crippen LogP contribution >= 0.6 is 0 Å². The highest BCUT2D eigenvalue weighted by atomic mass is 16.5. The molecule has 7 nitrogen and oxygen atoms in total. The zero-order chi connectivity index (χ0) is 16.8. The lowest BCUT2D eigenvalue weighted by Crippen LogP contribution is -2.56. The smallest absolute Gasteiger partial charge is 0.251 e. The third-order valence-electron chi connectivity index (χ3n) is 4.74. The molecule has 1 N–H and O–H groups in total. The van der Waals surface area contributed by atoms with E-state index >= 15 is 0 Å². The summed E-state index contributed by atoms with van der Waals surface area (Å²) < 4.78 is 5.51. The van der Waals surface area contributed by atoms with Gasteiger partial charge in [0, 0.05) is 52.4 Å². The SMILES string of the molecule is CN=C(NCC(C)N(C)C)N1CCN(C(=O)C2CCCO2)CC1. The lowest BCUT2D eigenvalue weighted by atomic mass is 10.2. The van der Waals surface area contributed by atoms with Crippen LogP contribution in [0.2, 0.25) is 0 Å². The molecule has 0 saturated carbocycles. The lowest BCUT2D eigenvalue weighted by Gasteiger charge is -2.37. The molecule has 2 atom stereocenters. The van der Waals surface area contributed by atoms with Gasteiger partial charge in [-0.1, -0.05) is 0 Å². The van der Waals surface area contributed by atoms with E-state index in [9.17, 15) is 4.79 Å². The molecule has 1 amide bonds. The van der Waals surface area contributed by atoms with Crippen molar-refractivity contribution in [1.82, 2.24) is 20.0 Å². The molecular weight excluding hydrogens is 294 g/mol. The van der Waals surface area contributed by atoms with Crippen LogP contribution in [0.3, 0.4) is 0 Å². The summed E-state index contributed by atoms with van der Waals surface area (Å²) in [6.07, 6.45) is 1.65. The monoisotopic (exact) mass is 325 g/mol. The highest BCUT2D eigenvalue weighted by molar-refractivity contribution is 5.82. The Morgan fingerprint density at radius 1 is 1.30 bits per heavy atom. The molecule has 23 heavy (non-hydrogen) atoms. The Labute approximate surface area is 139 Å². The van der Waals surface area contributed by atoms with Crippen LogP contribution in [0.25, 0.3) is 0 Å². The summed E-state index contributed by atoms with van der Waals surface area (Å²) in [4.78, 5) is 23.1. The molecule has 2 heterocycles. The topological polar surface area (TPSA) is 60.4 Å². The first-order chi connectivity index (χ1) is 11.0. The number of piperazine rings is 1. The van der Waals surface area contributed by atoms with Gasteiger partial charge in [0.1, 0.15) is 6.10 Å². The predicted molar refractivity (Wildman–Crippen MR) is 91.6 cm³/mol. The Bertz CT molecular complexity index is 413. The minimum atomic E-state index is -0.208. The van der Waals surface area contributed by atoms with E-state index in [1.807, 2.05) is 11.9 Å². The molecular formula is C16H31N5O2. The standard InChI is InChI=1S/C16H31N5O2/c1-13(19(3)4)12-18-16(17-2)21-9-7-20(8-10-21)15(22)14-6-5-11-23-14/h13-14H,5-12H2,1-4H3,(H,17,18). The fraction of sp³-hybridized carbons (Fsp3) is 0.875. The molecule has 2 saturated heterocycles. The molecule has 2 unspecified atom stereocenters. The molecule has 0 spiro atoms. The van der Waals surface area contributed by atoms with Crippen molar-refractivity contribution < 1.29 is 9.53 Å². The number of nitrogens with zero attached hydrogens (tertiary/aromatic N) is 4. The van der Waals surface area contributed by atoms with Gasteiger partial charge in [-0.05, 0) is 33.9 Å². The second-order valence-corrected chi connectivity index (χ2v) is 6.55. The number of rotatable bonds is 4. The Kier molecular flexibility index (Phi) is 6.65. The van der Waals surface area contributed by atoms with Crippen molar-refractivity contribution >= 4 is 11.9 Å². The molecule has 2 rings (SSSR count). The molecule has 0 bridgehead atoms. The van der Waals surface area contributed by atoms with E-state index in [2.05, 4.69) is 41.1 Å². The van der Waals surface area contributed by atoms with Crippen molar-refractivity contribution in [1.29, 1.82) is 0 Å². The summed E-state index contributed by atoms with van der Waals surface area (Å²) in [5.41, 5.74) is 0. The Balaban J connectivity index is 1.79. The fourth-order valence-corrected chi connectivity index (χ4v) is 2.87. The number of likely N-dealkylation sites (N-methyl/N-ethyl adjacent to an activating group) is 1. The number of nitrogens with one attached hydrogen (secondary N) is 1. The maximum atomic E-state index is 12.4. The van der Waals surface area contributed by atoms with E-state index in [0.29, 0.717) is 6.04 Å². The number of ether oxygens (including phenoxy) is 1. The van der Waals surface area contributed by atoms with Crippen molar-refractivity contribution in [3.8, 4) is 0 Å². The highest BCUT2D eigenvalue weighted by Crippen LogP contribution is 2.16. The number of hydrogen-bond acceptors (Lipinski definition) is 4. The van der Waals surface area contributed by atoms with Crippen LogP contribution in [0.5, 0.6) is 0 Å². The van der Waals surface area contributed by atoms with Gasteiger partial charge in [-0.2, -0.15) is 0 Å². The average molecular weight is 325 g/mol. The Hall–Kier alpha value is -1.34. The normalized spacial score (nSPS) is 24.2. The minimum Gasteiger partial charge on any atom is -0.368 e. The summed E-state index contributed by atoms with van der Waals surface area (Å²) in [7, 11) is 5.96. The van der Waals surface area contributed by atoms with Crippen LogP contribution in [0.4, 0.5) is 0 Å². The summed E-state index contributed by atoms with van der Waals surface area (Å²) in [6, 6.07) is 0.439. The van der Waals surface area contributed by atoms with E-state index in [0.717, 1.165) is 58.1 Å². The highest BCUT2D eigenvalue weighted by Gasteiger charge is 2.30. The molecule has 0 aromatic carbocycles. The van der Waals surface area contributed by atoms with Crippen LogP contribution in [0.1, 0.15) is 19.8 Å². The van der Waals surface area contributed by atoms with Crippen molar-refractivity contribution in [2.24, 2.45) is 4.99 Å². The Morgan fingerprint density at radius 2 is 1.96 bits per heavy atom. The zero-order valence-electron chi connectivity index (χ0n) is 14.9. The van der Waals surface area contributed by atoms with E-state index < -0.39 is 0 Å². The van der Waals surface area contributed by atoms with Crippen molar-refractivity contribution in [3.05, 3.63) is 0 Å². The van der Waals surface area contributed by atoms with E-state index in [4.69, 9.17) is 4.74 Å². The van der Waals surface area contributed by atoms with Crippen molar-refractivity contribution in [3.63, 3.8) is 0 Å². The van der Waals surface area contributed by atoms with Crippen LogP contribution in [0.15, 0.2) is 4.99 Å². The molecule has 0 aliphatic carbocycles. The number of carbonyl (C=O) groups excluding carboxylic acids is 1.